The molecule has 1 saturated carbocycles. The van der Waals surface area contributed by atoms with E-state index in [1.807, 2.05) is 43.5 Å². The molecular weight excluding hydrogens is 252 g/mol. The highest BCUT2D eigenvalue weighted by molar-refractivity contribution is 5.99. The van der Waals surface area contributed by atoms with Gasteiger partial charge in [0.2, 0.25) is 0 Å². The first-order valence-corrected chi connectivity index (χ1v) is 7.39. The topological polar surface area (TPSA) is 45.5 Å². The summed E-state index contributed by atoms with van der Waals surface area (Å²) in [5.74, 6) is 0.135. The van der Waals surface area contributed by atoms with Crippen molar-refractivity contribution >= 4 is 5.78 Å². The average molecular weight is 278 g/mol. The lowest BCUT2D eigenvalue weighted by Gasteiger charge is -2.28. The number of aryl methyl sites for hydroxylation is 1. The molecule has 0 radical (unpaired) electrons. The van der Waals surface area contributed by atoms with E-state index in [1.54, 1.807) is 0 Å². The van der Waals surface area contributed by atoms with Crippen LogP contribution in [0.25, 0.3) is 0 Å². The van der Waals surface area contributed by atoms with Crippen molar-refractivity contribution in [1.82, 2.24) is 9.47 Å². The van der Waals surface area contributed by atoms with Crippen molar-refractivity contribution in [1.29, 1.82) is 0 Å². The lowest BCUT2D eigenvalue weighted by atomic mass is 10.0. The number of carbonyl (C=O) groups excluding carboxylic acids is 1. The minimum absolute atomic E-state index is 0.135. The Balaban J connectivity index is 1.98. The van der Waals surface area contributed by atoms with Gasteiger partial charge in [-0.15, -0.1) is 0 Å². The molecule has 1 aromatic heterocycles. The first-order chi connectivity index (χ1) is 9.32. The van der Waals surface area contributed by atoms with Crippen LogP contribution in [0.5, 0.6) is 0 Å². The van der Waals surface area contributed by atoms with Gasteiger partial charge in [-0.05, 0) is 39.8 Å². The Bertz CT molecular complexity index is 499. The molecule has 0 bridgehead atoms. The molecule has 1 aromatic rings. The molecule has 2 rings (SSSR count). The van der Waals surface area contributed by atoms with Crippen LogP contribution in [0.3, 0.4) is 0 Å². The average Bonchev–Trinajstić information content (AvgIpc) is 2.88. The second-order valence-corrected chi connectivity index (χ2v) is 6.37. The van der Waals surface area contributed by atoms with Gasteiger partial charge in [-0.25, -0.2) is 0 Å². The van der Waals surface area contributed by atoms with Crippen molar-refractivity contribution in [2.45, 2.75) is 45.1 Å². The first kappa shape index (κ1) is 15.3. The van der Waals surface area contributed by atoms with Gasteiger partial charge in [-0.2, -0.15) is 0 Å². The lowest BCUT2D eigenvalue weighted by molar-refractivity contribution is 0.0172. The van der Waals surface area contributed by atoms with Crippen molar-refractivity contribution in [3.63, 3.8) is 0 Å². The van der Waals surface area contributed by atoms with Crippen LogP contribution in [0.4, 0.5) is 0 Å². The first-order valence-electron chi connectivity index (χ1n) is 7.39. The van der Waals surface area contributed by atoms with Crippen LogP contribution >= 0.6 is 0 Å². The lowest BCUT2D eigenvalue weighted by Crippen LogP contribution is -2.41. The Kier molecular flexibility index (Phi) is 4.35. The van der Waals surface area contributed by atoms with Crippen molar-refractivity contribution < 1.29 is 9.90 Å². The summed E-state index contributed by atoms with van der Waals surface area (Å²) in [7, 11) is 3.89. The van der Waals surface area contributed by atoms with Crippen LogP contribution in [-0.2, 0) is 7.05 Å². The number of aliphatic hydroxyl groups is 1. The number of hydrogen-bond donors (Lipinski definition) is 1. The quantitative estimate of drug-likeness (QED) is 0.839. The molecule has 4 heteroatoms. The molecule has 1 heterocycles. The number of rotatable bonds is 5. The van der Waals surface area contributed by atoms with Crippen LogP contribution in [0.1, 0.15) is 47.4 Å². The predicted octanol–water partition coefficient (Wildman–Crippen LogP) is 2.06. The van der Waals surface area contributed by atoms with E-state index in [1.165, 1.54) is 0 Å². The Hall–Kier alpha value is -1.13. The Labute approximate surface area is 121 Å². The molecule has 20 heavy (non-hydrogen) atoms. The standard InChI is InChI=1S/C16H26N2O2/c1-12-9-14(13(2)18(12)4)15(19)10-17(3)11-16(20)7-5-6-8-16/h9,20H,5-8,10-11H2,1-4H3. The van der Waals surface area contributed by atoms with Gasteiger partial charge in [0.15, 0.2) is 5.78 Å². The number of nitrogens with zero attached hydrogens (tertiary/aromatic N) is 2. The molecule has 1 aliphatic rings. The molecule has 0 aliphatic heterocycles. The summed E-state index contributed by atoms with van der Waals surface area (Å²) in [6.45, 7) is 4.94. The number of ketones is 1. The Morgan fingerprint density at radius 1 is 1.40 bits per heavy atom. The van der Waals surface area contributed by atoms with Gasteiger partial charge in [0.25, 0.3) is 0 Å². The van der Waals surface area contributed by atoms with Gasteiger partial charge in [0.05, 0.1) is 12.1 Å². The molecule has 0 spiro atoms. The highest BCUT2D eigenvalue weighted by Gasteiger charge is 2.32. The molecule has 112 valence electrons. The summed E-state index contributed by atoms with van der Waals surface area (Å²) < 4.78 is 2.04. The zero-order valence-electron chi connectivity index (χ0n) is 13.1. The van der Waals surface area contributed by atoms with E-state index in [0.717, 1.165) is 42.6 Å². The smallest absolute Gasteiger partial charge is 0.178 e. The number of aromatic nitrogens is 1. The summed E-state index contributed by atoms with van der Waals surface area (Å²) in [6.07, 6.45) is 3.90. The van der Waals surface area contributed by atoms with E-state index in [-0.39, 0.29) is 5.78 Å². The third kappa shape index (κ3) is 3.13. The van der Waals surface area contributed by atoms with E-state index < -0.39 is 5.60 Å². The minimum Gasteiger partial charge on any atom is -0.389 e. The molecule has 4 nitrogen and oxygen atoms in total. The van der Waals surface area contributed by atoms with E-state index in [0.29, 0.717) is 13.1 Å². The summed E-state index contributed by atoms with van der Waals surface area (Å²) in [6, 6.07) is 1.95. The van der Waals surface area contributed by atoms with E-state index in [2.05, 4.69) is 0 Å². The zero-order chi connectivity index (χ0) is 14.9. The monoisotopic (exact) mass is 278 g/mol. The van der Waals surface area contributed by atoms with Gasteiger partial charge in [0.1, 0.15) is 0 Å². The van der Waals surface area contributed by atoms with Gasteiger partial charge in [-0.3, -0.25) is 9.69 Å². The van der Waals surface area contributed by atoms with E-state index >= 15 is 0 Å². The third-order valence-corrected chi connectivity index (χ3v) is 4.59. The maximum Gasteiger partial charge on any atom is 0.178 e. The molecule has 0 aromatic carbocycles. The van der Waals surface area contributed by atoms with Crippen molar-refractivity contribution in [2.75, 3.05) is 20.1 Å². The summed E-state index contributed by atoms with van der Waals surface area (Å²) in [5.41, 5.74) is 2.33. The van der Waals surface area contributed by atoms with Crippen molar-refractivity contribution in [3.05, 3.63) is 23.0 Å². The molecular formula is C16H26N2O2. The molecule has 0 atom stereocenters. The Morgan fingerprint density at radius 3 is 2.50 bits per heavy atom. The normalized spacial score (nSPS) is 17.9. The van der Waals surface area contributed by atoms with Crippen molar-refractivity contribution in [3.8, 4) is 0 Å². The minimum atomic E-state index is -0.587. The number of hydrogen-bond acceptors (Lipinski definition) is 3. The molecule has 1 fully saturated rings. The Morgan fingerprint density at radius 2 is 2.00 bits per heavy atom. The van der Waals surface area contributed by atoms with Gasteiger partial charge >= 0.3 is 0 Å². The summed E-state index contributed by atoms with van der Waals surface area (Å²) in [4.78, 5) is 14.3. The number of carbonyl (C=O) groups is 1. The fraction of sp³-hybridized carbons (Fsp3) is 0.688. The fourth-order valence-corrected chi connectivity index (χ4v) is 3.22. The van der Waals surface area contributed by atoms with Crippen LogP contribution in [-0.4, -0.2) is 46.1 Å². The van der Waals surface area contributed by atoms with Gasteiger partial charge in [0, 0.05) is 30.5 Å². The van der Waals surface area contributed by atoms with Crippen LogP contribution in [0.15, 0.2) is 6.07 Å². The molecule has 1 aliphatic carbocycles. The van der Waals surface area contributed by atoms with Crippen LogP contribution < -0.4 is 0 Å². The number of Topliss-reactive ketones (excluding diaryl/α,β-unsaturated/α-hetero) is 1. The van der Waals surface area contributed by atoms with Crippen LogP contribution in [0, 0.1) is 13.8 Å². The van der Waals surface area contributed by atoms with Crippen LogP contribution in [0.2, 0.25) is 0 Å². The SMILES string of the molecule is Cc1cc(C(=O)CN(C)CC2(O)CCCC2)c(C)n1C. The molecule has 1 N–H and O–H groups in total. The zero-order valence-corrected chi connectivity index (χ0v) is 13.1. The maximum atomic E-state index is 12.4. The summed E-state index contributed by atoms with van der Waals surface area (Å²) >= 11 is 0. The molecule has 0 amide bonds. The third-order valence-electron chi connectivity index (χ3n) is 4.59. The number of likely N-dealkylation sites (N-methyl/N-ethyl adjacent to an activating group) is 1. The maximum absolute atomic E-state index is 12.4. The fourth-order valence-electron chi connectivity index (χ4n) is 3.22. The second kappa shape index (κ2) is 5.70. The van der Waals surface area contributed by atoms with Crippen molar-refractivity contribution in [2.24, 2.45) is 7.05 Å². The predicted molar refractivity (Wildman–Crippen MR) is 80.1 cm³/mol. The van der Waals surface area contributed by atoms with E-state index in [4.69, 9.17) is 0 Å². The second-order valence-electron chi connectivity index (χ2n) is 6.37. The largest absolute Gasteiger partial charge is 0.389 e. The van der Waals surface area contributed by atoms with Gasteiger partial charge in [-0.1, -0.05) is 12.8 Å². The molecule has 0 saturated heterocycles. The highest BCUT2D eigenvalue weighted by Crippen LogP contribution is 2.29. The van der Waals surface area contributed by atoms with E-state index in [9.17, 15) is 9.90 Å². The summed E-state index contributed by atoms with van der Waals surface area (Å²) in [5, 5.41) is 10.4. The van der Waals surface area contributed by atoms with Gasteiger partial charge < -0.3 is 9.67 Å². The molecule has 0 unspecified atom stereocenters. The highest BCUT2D eigenvalue weighted by atomic mass is 16.3.